The van der Waals surface area contributed by atoms with Gasteiger partial charge in [-0.3, -0.25) is 0 Å². The summed E-state index contributed by atoms with van der Waals surface area (Å²) in [5, 5.41) is 57.3. The predicted octanol–water partition coefficient (Wildman–Crippen LogP) is -3.56. The second-order valence-corrected chi connectivity index (χ2v) is 4.97. The summed E-state index contributed by atoms with van der Waals surface area (Å²) in [5.74, 6) is 0. The molecule has 0 spiro atoms. The van der Waals surface area contributed by atoms with E-state index in [9.17, 15) is 25.5 Å². The van der Waals surface area contributed by atoms with Crippen molar-refractivity contribution in [2.75, 3.05) is 13.2 Å². The maximum Gasteiger partial charge on any atom is 0.187 e. The highest BCUT2D eigenvalue weighted by atomic mass is 16.7. The van der Waals surface area contributed by atoms with E-state index in [1.807, 2.05) is 0 Å². The zero-order valence-electron chi connectivity index (χ0n) is 11.1. The van der Waals surface area contributed by atoms with Crippen LogP contribution >= 0.6 is 0 Å². The Morgan fingerprint density at radius 2 is 1.57 bits per heavy atom. The quantitative estimate of drug-likeness (QED) is 0.310. The topological polar surface area (TPSA) is 149 Å². The molecular formula is C12H20O9. The molecule has 0 aromatic rings. The van der Waals surface area contributed by atoms with Crippen molar-refractivity contribution in [1.82, 2.24) is 0 Å². The van der Waals surface area contributed by atoms with Gasteiger partial charge in [-0.15, -0.1) is 0 Å². The number of ether oxygens (including phenoxy) is 3. The van der Waals surface area contributed by atoms with E-state index in [0.717, 1.165) is 0 Å². The molecule has 2 aliphatic rings. The predicted molar refractivity (Wildman–Crippen MR) is 65.7 cm³/mol. The van der Waals surface area contributed by atoms with Gasteiger partial charge in [-0.25, -0.2) is 0 Å². The van der Waals surface area contributed by atoms with Gasteiger partial charge >= 0.3 is 0 Å². The van der Waals surface area contributed by atoms with E-state index in [-0.39, 0.29) is 0 Å². The molecule has 21 heavy (non-hydrogen) atoms. The second kappa shape index (κ2) is 6.99. The molecule has 1 fully saturated rings. The first-order valence-corrected chi connectivity index (χ1v) is 6.56. The Morgan fingerprint density at radius 1 is 0.905 bits per heavy atom. The van der Waals surface area contributed by atoms with Crippen LogP contribution in [0.1, 0.15) is 0 Å². The molecule has 0 unspecified atom stereocenters. The standard InChI is InChI=1S/C12H20O9/c13-3-6-8(16)9(17)10(18)12(20-6)21-11-5(15)1-2-19-7(11)4-14/h1-2,5-18H,3-4H2/t5-,6-,7-,8+,9+,10-,11+,12-/m1/s1. The smallest absolute Gasteiger partial charge is 0.187 e. The van der Waals surface area contributed by atoms with Crippen LogP contribution in [0.5, 0.6) is 0 Å². The number of hydrogen-bond donors (Lipinski definition) is 6. The minimum Gasteiger partial charge on any atom is -0.493 e. The summed E-state index contributed by atoms with van der Waals surface area (Å²) in [4.78, 5) is 0. The Labute approximate surface area is 120 Å². The van der Waals surface area contributed by atoms with E-state index in [4.69, 9.17) is 19.3 Å². The average Bonchev–Trinajstić information content (AvgIpc) is 2.49. The molecular weight excluding hydrogens is 288 g/mol. The molecule has 2 aliphatic heterocycles. The lowest BCUT2D eigenvalue weighted by Crippen LogP contribution is -2.61. The molecule has 122 valence electrons. The molecule has 1 saturated heterocycles. The average molecular weight is 308 g/mol. The summed E-state index contributed by atoms with van der Waals surface area (Å²) >= 11 is 0. The number of aliphatic hydroxyl groups excluding tert-OH is 6. The zero-order valence-corrected chi connectivity index (χ0v) is 11.1. The molecule has 0 amide bonds. The highest BCUT2D eigenvalue weighted by molar-refractivity contribution is 4.99. The van der Waals surface area contributed by atoms with Crippen LogP contribution in [0.15, 0.2) is 12.3 Å². The third-order valence-corrected chi connectivity index (χ3v) is 3.55. The fraction of sp³-hybridized carbons (Fsp3) is 0.833. The molecule has 6 N–H and O–H groups in total. The summed E-state index contributed by atoms with van der Waals surface area (Å²) in [7, 11) is 0. The molecule has 0 radical (unpaired) electrons. The van der Waals surface area contributed by atoms with Gasteiger partial charge in [-0.05, 0) is 6.08 Å². The Bertz CT molecular complexity index is 361. The maximum absolute atomic E-state index is 9.85. The molecule has 0 saturated carbocycles. The fourth-order valence-electron chi connectivity index (χ4n) is 2.28. The molecule has 0 aromatic heterocycles. The monoisotopic (exact) mass is 308 g/mol. The van der Waals surface area contributed by atoms with Gasteiger partial charge in [0.15, 0.2) is 6.29 Å². The summed E-state index contributed by atoms with van der Waals surface area (Å²) in [6, 6.07) is 0. The minimum absolute atomic E-state index is 0.441. The van der Waals surface area contributed by atoms with Crippen LogP contribution < -0.4 is 0 Å². The van der Waals surface area contributed by atoms with Crippen LogP contribution in [0.4, 0.5) is 0 Å². The first-order valence-electron chi connectivity index (χ1n) is 6.56. The van der Waals surface area contributed by atoms with E-state index >= 15 is 0 Å². The third kappa shape index (κ3) is 3.35. The van der Waals surface area contributed by atoms with Gasteiger partial charge in [0.2, 0.25) is 0 Å². The third-order valence-electron chi connectivity index (χ3n) is 3.55. The SMILES string of the molecule is OC[C@H]1O[C@H](O[C@H]2[C@H](O)C=CO[C@@H]2CO)[C@H](O)[C@@H](O)[C@H]1O. The van der Waals surface area contributed by atoms with Gasteiger partial charge < -0.3 is 44.8 Å². The van der Waals surface area contributed by atoms with Gasteiger partial charge in [0.25, 0.3) is 0 Å². The largest absolute Gasteiger partial charge is 0.493 e. The molecule has 0 aromatic carbocycles. The molecule has 0 bridgehead atoms. The molecule has 2 heterocycles. The Morgan fingerprint density at radius 3 is 2.19 bits per heavy atom. The van der Waals surface area contributed by atoms with E-state index in [1.54, 1.807) is 0 Å². The second-order valence-electron chi connectivity index (χ2n) is 4.97. The van der Waals surface area contributed by atoms with Crippen molar-refractivity contribution in [3.05, 3.63) is 12.3 Å². The van der Waals surface area contributed by atoms with Crippen molar-refractivity contribution >= 4 is 0 Å². The first-order chi connectivity index (χ1) is 9.99. The van der Waals surface area contributed by atoms with Crippen LogP contribution in [0, 0.1) is 0 Å². The van der Waals surface area contributed by atoms with Crippen LogP contribution in [0.3, 0.4) is 0 Å². The lowest BCUT2D eigenvalue weighted by atomic mass is 9.99. The molecule has 0 aliphatic carbocycles. The molecule has 2 rings (SSSR count). The van der Waals surface area contributed by atoms with Gasteiger partial charge in [0, 0.05) is 0 Å². The zero-order chi connectivity index (χ0) is 15.6. The van der Waals surface area contributed by atoms with Crippen molar-refractivity contribution < 1.29 is 44.8 Å². The van der Waals surface area contributed by atoms with Crippen molar-refractivity contribution in [2.45, 2.75) is 49.0 Å². The number of aliphatic hydroxyl groups is 6. The van der Waals surface area contributed by atoms with E-state index in [2.05, 4.69) is 0 Å². The Balaban J connectivity index is 2.08. The van der Waals surface area contributed by atoms with Crippen LogP contribution in [-0.4, -0.2) is 92.9 Å². The lowest BCUT2D eigenvalue weighted by Gasteiger charge is -2.42. The summed E-state index contributed by atoms with van der Waals surface area (Å²) in [6.45, 7) is -1.03. The normalized spacial score (nSPS) is 47.1. The minimum atomic E-state index is -1.58. The summed E-state index contributed by atoms with van der Waals surface area (Å²) in [6.07, 6.45) is -7.68. The van der Waals surface area contributed by atoms with Crippen molar-refractivity contribution in [3.8, 4) is 0 Å². The maximum atomic E-state index is 9.85. The van der Waals surface area contributed by atoms with Crippen LogP contribution in [-0.2, 0) is 14.2 Å². The van der Waals surface area contributed by atoms with Crippen molar-refractivity contribution in [3.63, 3.8) is 0 Å². The highest BCUT2D eigenvalue weighted by Gasteiger charge is 2.46. The lowest BCUT2D eigenvalue weighted by molar-refractivity contribution is -0.324. The highest BCUT2D eigenvalue weighted by Crippen LogP contribution is 2.26. The molecule has 8 atom stereocenters. The number of hydrogen-bond acceptors (Lipinski definition) is 9. The number of rotatable bonds is 4. The van der Waals surface area contributed by atoms with E-state index in [0.29, 0.717) is 0 Å². The molecule has 9 heteroatoms. The fourth-order valence-corrected chi connectivity index (χ4v) is 2.28. The van der Waals surface area contributed by atoms with Crippen LogP contribution in [0.25, 0.3) is 0 Å². The Kier molecular flexibility index (Phi) is 5.52. The van der Waals surface area contributed by atoms with Crippen LogP contribution in [0.2, 0.25) is 0 Å². The van der Waals surface area contributed by atoms with Gasteiger partial charge in [-0.2, -0.15) is 0 Å². The van der Waals surface area contributed by atoms with Gasteiger partial charge in [-0.1, -0.05) is 0 Å². The first kappa shape index (κ1) is 16.6. The van der Waals surface area contributed by atoms with Gasteiger partial charge in [0.1, 0.15) is 42.7 Å². The molecule has 9 nitrogen and oxygen atoms in total. The Hall–Kier alpha value is -0.780. The summed E-state index contributed by atoms with van der Waals surface area (Å²) in [5.41, 5.74) is 0. The van der Waals surface area contributed by atoms with Gasteiger partial charge in [0.05, 0.1) is 19.5 Å². The summed E-state index contributed by atoms with van der Waals surface area (Å²) < 4.78 is 15.6. The van der Waals surface area contributed by atoms with E-state index < -0.39 is 62.2 Å². The van der Waals surface area contributed by atoms with E-state index in [1.165, 1.54) is 12.3 Å². The van der Waals surface area contributed by atoms with Crippen molar-refractivity contribution in [2.24, 2.45) is 0 Å². The van der Waals surface area contributed by atoms with Crippen molar-refractivity contribution in [1.29, 1.82) is 0 Å².